The van der Waals surface area contributed by atoms with E-state index in [1.165, 1.54) is 16.8 Å². The maximum Gasteiger partial charge on any atom is 0.0461 e. The summed E-state index contributed by atoms with van der Waals surface area (Å²) in [6.45, 7) is 6.17. The Hall–Kier alpha value is -1.48. The van der Waals surface area contributed by atoms with Crippen molar-refractivity contribution in [2.24, 2.45) is 0 Å². The second-order valence-electron chi connectivity index (χ2n) is 4.66. The number of para-hydroxylation sites is 1. The molecule has 0 saturated heterocycles. The zero-order valence-electron chi connectivity index (χ0n) is 11.4. The lowest BCUT2D eigenvalue weighted by atomic mass is 10.1. The summed E-state index contributed by atoms with van der Waals surface area (Å²) in [6, 6.07) is 14.6. The van der Waals surface area contributed by atoms with Crippen molar-refractivity contribution in [3.8, 4) is 0 Å². The third kappa shape index (κ3) is 3.29. The van der Waals surface area contributed by atoms with Crippen LogP contribution < -0.4 is 10.6 Å². The van der Waals surface area contributed by atoms with Crippen LogP contribution in [0.5, 0.6) is 0 Å². The minimum Gasteiger partial charge on any atom is -0.398 e. The van der Waals surface area contributed by atoms with Gasteiger partial charge in [-0.25, -0.2) is 0 Å². The highest BCUT2D eigenvalue weighted by atomic mass is 79.9. The van der Waals surface area contributed by atoms with Crippen molar-refractivity contribution in [3.05, 3.63) is 58.1 Å². The molecule has 2 aromatic carbocycles. The molecular weight excluding hydrogens is 300 g/mol. The Balaban J connectivity index is 2.24. The zero-order chi connectivity index (χ0) is 13.8. The summed E-state index contributed by atoms with van der Waals surface area (Å²) in [7, 11) is 0. The molecule has 0 aromatic heterocycles. The molecule has 0 amide bonds. The molecule has 0 heterocycles. The number of hydrogen-bond acceptors (Lipinski definition) is 2. The minimum atomic E-state index is 0.790. The molecule has 0 spiro atoms. The van der Waals surface area contributed by atoms with E-state index in [2.05, 4.69) is 65.0 Å². The van der Waals surface area contributed by atoms with Gasteiger partial charge in [-0.15, -0.1) is 0 Å². The maximum absolute atomic E-state index is 5.94. The first-order valence-corrected chi connectivity index (χ1v) is 7.25. The molecule has 2 rings (SSSR count). The van der Waals surface area contributed by atoms with Gasteiger partial charge in [-0.2, -0.15) is 0 Å². The molecule has 0 unspecified atom stereocenters. The Morgan fingerprint density at radius 1 is 1.16 bits per heavy atom. The van der Waals surface area contributed by atoms with Gasteiger partial charge >= 0.3 is 0 Å². The number of nitrogen functional groups attached to an aromatic ring is 1. The average Bonchev–Trinajstić information content (AvgIpc) is 2.41. The van der Waals surface area contributed by atoms with E-state index >= 15 is 0 Å². The van der Waals surface area contributed by atoms with Crippen LogP contribution in [0.25, 0.3) is 0 Å². The average molecular weight is 319 g/mol. The van der Waals surface area contributed by atoms with Gasteiger partial charge in [-0.1, -0.05) is 24.3 Å². The first-order chi connectivity index (χ1) is 9.11. The standard InChI is InChI=1S/C16H19BrN2/c1-3-19(16-7-5-4-6-12(16)2)11-13-8-9-14(17)15(18)10-13/h4-10H,3,11,18H2,1-2H3. The number of nitrogens with zero attached hydrogens (tertiary/aromatic N) is 1. The van der Waals surface area contributed by atoms with Crippen LogP contribution in [0.1, 0.15) is 18.1 Å². The van der Waals surface area contributed by atoms with Crippen molar-refractivity contribution in [2.75, 3.05) is 17.2 Å². The third-order valence-corrected chi connectivity index (χ3v) is 3.99. The van der Waals surface area contributed by atoms with Gasteiger partial charge < -0.3 is 10.6 Å². The van der Waals surface area contributed by atoms with E-state index in [1.807, 2.05) is 12.1 Å². The Bertz CT molecular complexity index is 566. The molecule has 0 radical (unpaired) electrons. The van der Waals surface area contributed by atoms with E-state index in [1.54, 1.807) is 0 Å². The van der Waals surface area contributed by atoms with E-state index in [-0.39, 0.29) is 0 Å². The fraction of sp³-hybridized carbons (Fsp3) is 0.250. The van der Waals surface area contributed by atoms with Crippen molar-refractivity contribution >= 4 is 27.3 Å². The van der Waals surface area contributed by atoms with E-state index < -0.39 is 0 Å². The Morgan fingerprint density at radius 3 is 2.53 bits per heavy atom. The predicted molar refractivity (Wildman–Crippen MR) is 86.5 cm³/mol. The molecule has 0 atom stereocenters. The fourth-order valence-corrected chi connectivity index (χ4v) is 2.44. The lowest BCUT2D eigenvalue weighted by Crippen LogP contribution is -2.22. The van der Waals surface area contributed by atoms with Gasteiger partial charge in [0.2, 0.25) is 0 Å². The molecule has 3 heteroatoms. The van der Waals surface area contributed by atoms with E-state index in [0.717, 1.165) is 23.2 Å². The van der Waals surface area contributed by atoms with E-state index in [9.17, 15) is 0 Å². The molecule has 0 fully saturated rings. The van der Waals surface area contributed by atoms with Crippen LogP contribution in [-0.2, 0) is 6.54 Å². The zero-order valence-corrected chi connectivity index (χ0v) is 12.9. The first-order valence-electron chi connectivity index (χ1n) is 6.46. The Morgan fingerprint density at radius 2 is 1.89 bits per heavy atom. The van der Waals surface area contributed by atoms with Gasteiger partial charge in [0.05, 0.1) is 0 Å². The van der Waals surface area contributed by atoms with Crippen molar-refractivity contribution in [1.29, 1.82) is 0 Å². The molecule has 2 nitrogen and oxygen atoms in total. The van der Waals surface area contributed by atoms with Gasteiger partial charge in [-0.05, 0) is 59.1 Å². The molecule has 2 aromatic rings. The van der Waals surface area contributed by atoms with Gasteiger partial charge in [-0.3, -0.25) is 0 Å². The summed E-state index contributed by atoms with van der Waals surface area (Å²) in [6.07, 6.45) is 0. The predicted octanol–water partition coefficient (Wildman–Crippen LogP) is 4.37. The number of nitrogens with two attached hydrogens (primary N) is 1. The Labute approximate surface area is 123 Å². The van der Waals surface area contributed by atoms with Crippen LogP contribution >= 0.6 is 15.9 Å². The van der Waals surface area contributed by atoms with Gasteiger partial charge in [0.25, 0.3) is 0 Å². The van der Waals surface area contributed by atoms with Crippen LogP contribution in [0.3, 0.4) is 0 Å². The number of anilines is 2. The largest absolute Gasteiger partial charge is 0.398 e. The van der Waals surface area contributed by atoms with Crippen LogP contribution in [-0.4, -0.2) is 6.54 Å². The van der Waals surface area contributed by atoms with E-state index in [0.29, 0.717) is 0 Å². The summed E-state index contributed by atoms with van der Waals surface area (Å²) >= 11 is 3.43. The number of hydrogen-bond donors (Lipinski definition) is 1. The highest BCUT2D eigenvalue weighted by Crippen LogP contribution is 2.24. The normalized spacial score (nSPS) is 10.5. The number of rotatable bonds is 4. The third-order valence-electron chi connectivity index (χ3n) is 3.27. The molecule has 100 valence electrons. The van der Waals surface area contributed by atoms with Crippen molar-refractivity contribution < 1.29 is 0 Å². The molecule has 0 saturated carbocycles. The van der Waals surface area contributed by atoms with Gasteiger partial charge in [0.15, 0.2) is 0 Å². The molecular formula is C16H19BrN2. The van der Waals surface area contributed by atoms with Crippen LogP contribution in [0, 0.1) is 6.92 Å². The van der Waals surface area contributed by atoms with Gasteiger partial charge in [0, 0.05) is 28.9 Å². The summed E-state index contributed by atoms with van der Waals surface area (Å²) < 4.78 is 0.954. The SMILES string of the molecule is CCN(Cc1ccc(Br)c(N)c1)c1ccccc1C. The quantitative estimate of drug-likeness (QED) is 0.848. The molecule has 19 heavy (non-hydrogen) atoms. The fourth-order valence-electron chi connectivity index (χ4n) is 2.20. The van der Waals surface area contributed by atoms with E-state index in [4.69, 9.17) is 5.73 Å². The van der Waals surface area contributed by atoms with Crippen LogP contribution in [0.15, 0.2) is 46.9 Å². The monoisotopic (exact) mass is 318 g/mol. The van der Waals surface area contributed by atoms with Crippen LogP contribution in [0.4, 0.5) is 11.4 Å². The summed E-state index contributed by atoms with van der Waals surface area (Å²) in [5.41, 5.74) is 10.5. The van der Waals surface area contributed by atoms with Crippen molar-refractivity contribution in [2.45, 2.75) is 20.4 Å². The van der Waals surface area contributed by atoms with Crippen molar-refractivity contribution in [3.63, 3.8) is 0 Å². The molecule has 0 bridgehead atoms. The number of aryl methyl sites for hydroxylation is 1. The lowest BCUT2D eigenvalue weighted by Gasteiger charge is -2.25. The van der Waals surface area contributed by atoms with Gasteiger partial charge in [0.1, 0.15) is 0 Å². The molecule has 0 aliphatic heterocycles. The second kappa shape index (κ2) is 6.11. The minimum absolute atomic E-state index is 0.790. The Kier molecular flexibility index (Phi) is 4.48. The molecule has 2 N–H and O–H groups in total. The summed E-state index contributed by atoms with van der Waals surface area (Å²) in [5.74, 6) is 0. The second-order valence-corrected chi connectivity index (χ2v) is 5.51. The number of halogens is 1. The molecule has 0 aliphatic rings. The highest BCUT2D eigenvalue weighted by Gasteiger charge is 2.08. The van der Waals surface area contributed by atoms with Crippen molar-refractivity contribution in [1.82, 2.24) is 0 Å². The summed E-state index contributed by atoms with van der Waals surface area (Å²) in [4.78, 5) is 2.36. The lowest BCUT2D eigenvalue weighted by molar-refractivity contribution is 0.828. The summed E-state index contributed by atoms with van der Waals surface area (Å²) in [5, 5.41) is 0. The highest BCUT2D eigenvalue weighted by molar-refractivity contribution is 9.10. The van der Waals surface area contributed by atoms with Crippen LogP contribution in [0.2, 0.25) is 0 Å². The first kappa shape index (κ1) is 13.9. The molecule has 0 aliphatic carbocycles. The topological polar surface area (TPSA) is 29.3 Å². The smallest absolute Gasteiger partial charge is 0.0461 e. The number of benzene rings is 2. The maximum atomic E-state index is 5.94.